The monoisotopic (exact) mass is 830 g/mol. The zero-order valence-electron chi connectivity index (χ0n) is 27.2. The Morgan fingerprint density at radius 2 is 1.47 bits per heavy atom. The van der Waals surface area contributed by atoms with Crippen LogP contribution >= 0.6 is 0 Å². The first-order valence-corrected chi connectivity index (χ1v) is 19.4. The second-order valence-electron chi connectivity index (χ2n) is 12.7. The topological polar surface area (TPSA) is 69.6 Å². The third-order valence-corrected chi connectivity index (χ3v) is 10.5. The van der Waals surface area contributed by atoms with Crippen LogP contribution in [0, 0.1) is 12.1 Å². The number of benzene rings is 5. The van der Waals surface area contributed by atoms with Gasteiger partial charge in [-0.15, -0.1) is 54.1 Å². The minimum absolute atomic E-state index is 0. The number of para-hydroxylation sites is 1. The van der Waals surface area contributed by atoms with E-state index in [2.05, 4.69) is 93.8 Å². The maximum absolute atomic E-state index is 6.52. The van der Waals surface area contributed by atoms with Crippen molar-refractivity contribution in [3.8, 4) is 28.3 Å². The van der Waals surface area contributed by atoms with Gasteiger partial charge in [-0.25, -0.2) is 9.97 Å². The predicted octanol–water partition coefficient (Wildman–Crippen LogP) is 9.43. The van der Waals surface area contributed by atoms with Crippen LogP contribution < -0.4 is 5.19 Å². The van der Waals surface area contributed by atoms with Crippen molar-refractivity contribution >= 4 is 57.1 Å². The second-order valence-corrected chi connectivity index (χ2v) is 17.7. The summed E-state index contributed by atoms with van der Waals surface area (Å²) in [6.07, 6.45) is 5.33. The smallest absolute Gasteiger partial charge is 0.171 e. The second kappa shape index (κ2) is 13.3. The van der Waals surface area contributed by atoms with E-state index in [0.717, 1.165) is 66.6 Å². The molecule has 49 heavy (non-hydrogen) atoms. The molecule has 0 fully saturated rings. The van der Waals surface area contributed by atoms with Crippen LogP contribution in [0.25, 0.3) is 72.2 Å². The molecular weight excluding hydrogens is 799 g/mol. The number of furan rings is 1. The SMILES string of the molecule is C[Si](C)(C)c1ccc(-c2[c-]cccc2)nc1.[Ir].[c-]1ccc2c(oc3c4ccccc4ccc23)c1-c1nc2ncncc2n1-c1ccccc1. The van der Waals surface area contributed by atoms with Crippen molar-refractivity contribution in [2.24, 2.45) is 0 Å². The van der Waals surface area contributed by atoms with Gasteiger partial charge in [-0.05, 0) is 28.4 Å². The number of pyridine rings is 1. The molecule has 1 radical (unpaired) electrons. The Balaban J connectivity index is 0.000000189. The van der Waals surface area contributed by atoms with E-state index in [1.54, 1.807) is 6.20 Å². The van der Waals surface area contributed by atoms with E-state index in [9.17, 15) is 0 Å². The first kappa shape index (κ1) is 32.3. The molecule has 0 aliphatic rings. The molecule has 0 N–H and O–H groups in total. The van der Waals surface area contributed by atoms with Crippen molar-refractivity contribution in [1.82, 2.24) is 24.5 Å². The Bertz CT molecular complexity index is 2540. The normalized spacial score (nSPS) is 11.4. The van der Waals surface area contributed by atoms with Gasteiger partial charge in [-0.3, -0.25) is 4.98 Å². The molecule has 0 bridgehead atoms. The standard InChI is InChI=1S/C27H15N4O.C14H16NSi.Ir/c1-2-8-18(9-3-1)31-23-15-28-16-29-26(23)30-27(31)22-12-6-11-20-21-14-13-17-7-4-5-10-19(17)24(21)32-25(20)22;1-16(2,3)13-9-10-14(15-11-13)12-7-5-4-6-8-12;/h1-11,13-16H;4-7,9-11H,1-3H3;/q2*-1;. The van der Waals surface area contributed by atoms with Gasteiger partial charge in [-0.2, -0.15) is 0 Å². The number of imidazole rings is 1. The number of hydrogen-bond acceptors (Lipinski definition) is 5. The Labute approximate surface area is 298 Å². The summed E-state index contributed by atoms with van der Waals surface area (Å²) in [6.45, 7) is 7.00. The van der Waals surface area contributed by atoms with Gasteiger partial charge in [0.25, 0.3) is 0 Å². The fraction of sp³-hybridized carbons (Fsp3) is 0.0732. The Morgan fingerprint density at radius 3 is 2.24 bits per heavy atom. The number of nitrogens with zero attached hydrogens (tertiary/aromatic N) is 5. The number of hydrogen-bond donors (Lipinski definition) is 0. The van der Waals surface area contributed by atoms with Crippen molar-refractivity contribution in [3.05, 3.63) is 146 Å². The summed E-state index contributed by atoms with van der Waals surface area (Å²) in [6, 6.07) is 45.4. The molecule has 0 amide bonds. The minimum Gasteiger partial charge on any atom is -0.500 e. The summed E-state index contributed by atoms with van der Waals surface area (Å²) in [5, 5.41) is 5.76. The molecule has 6 nitrogen and oxygen atoms in total. The zero-order valence-corrected chi connectivity index (χ0v) is 30.6. The van der Waals surface area contributed by atoms with Gasteiger partial charge in [0, 0.05) is 42.8 Å². The van der Waals surface area contributed by atoms with Crippen LogP contribution in [0.5, 0.6) is 0 Å². The van der Waals surface area contributed by atoms with E-state index < -0.39 is 8.07 Å². The third-order valence-electron chi connectivity index (χ3n) is 8.51. The van der Waals surface area contributed by atoms with E-state index in [0.29, 0.717) is 5.65 Å². The van der Waals surface area contributed by atoms with Crippen LogP contribution in [0.2, 0.25) is 19.6 Å². The van der Waals surface area contributed by atoms with Crippen LogP contribution in [0.15, 0.2) is 138 Å². The molecule has 8 heteroatoms. The van der Waals surface area contributed by atoms with Crippen molar-refractivity contribution in [3.63, 3.8) is 0 Å². The minimum atomic E-state index is -1.23. The number of rotatable bonds is 4. The fourth-order valence-corrected chi connectivity index (χ4v) is 7.05. The van der Waals surface area contributed by atoms with Crippen LogP contribution in [0.4, 0.5) is 0 Å². The molecule has 9 rings (SSSR count). The number of aromatic nitrogens is 5. The molecular formula is C41H31IrN5OSi-2. The molecule has 0 atom stereocenters. The summed E-state index contributed by atoms with van der Waals surface area (Å²) in [5.41, 5.74) is 6.94. The van der Waals surface area contributed by atoms with Crippen molar-refractivity contribution in [2.75, 3.05) is 0 Å². The summed E-state index contributed by atoms with van der Waals surface area (Å²) >= 11 is 0. The number of fused-ring (bicyclic) bond motifs is 6. The molecule has 0 saturated carbocycles. The van der Waals surface area contributed by atoms with Crippen molar-refractivity contribution < 1.29 is 24.5 Å². The van der Waals surface area contributed by atoms with Crippen molar-refractivity contribution in [2.45, 2.75) is 19.6 Å². The Kier molecular flexibility index (Phi) is 8.78. The van der Waals surface area contributed by atoms with Gasteiger partial charge in [0.05, 0.1) is 25.7 Å². The van der Waals surface area contributed by atoms with E-state index in [1.165, 1.54) is 11.5 Å². The maximum atomic E-state index is 6.52. The zero-order chi connectivity index (χ0) is 32.7. The molecule has 5 aromatic carbocycles. The quantitative estimate of drug-likeness (QED) is 0.131. The van der Waals surface area contributed by atoms with Gasteiger partial charge in [0.15, 0.2) is 5.65 Å². The molecule has 0 aliphatic carbocycles. The largest absolute Gasteiger partial charge is 0.500 e. The van der Waals surface area contributed by atoms with Gasteiger partial charge < -0.3 is 14.0 Å². The first-order valence-electron chi connectivity index (χ1n) is 15.9. The molecule has 241 valence electrons. The first-order chi connectivity index (χ1) is 23.5. The summed E-state index contributed by atoms with van der Waals surface area (Å²) in [7, 11) is -1.23. The average molecular weight is 830 g/mol. The van der Waals surface area contributed by atoms with E-state index in [-0.39, 0.29) is 20.1 Å². The van der Waals surface area contributed by atoms with Gasteiger partial charge in [0.1, 0.15) is 17.4 Å². The average Bonchev–Trinajstić information content (AvgIpc) is 3.72. The van der Waals surface area contributed by atoms with Gasteiger partial charge >= 0.3 is 0 Å². The maximum Gasteiger partial charge on any atom is 0.171 e. The Hall–Kier alpha value is -5.27. The molecule has 4 aromatic heterocycles. The summed E-state index contributed by atoms with van der Waals surface area (Å²) in [4.78, 5) is 18.0. The summed E-state index contributed by atoms with van der Waals surface area (Å²) in [5.74, 6) is 0.723. The molecule has 0 spiro atoms. The predicted molar refractivity (Wildman–Crippen MR) is 197 cm³/mol. The fourth-order valence-electron chi connectivity index (χ4n) is 6.02. The van der Waals surface area contributed by atoms with Crippen LogP contribution in [-0.2, 0) is 20.1 Å². The van der Waals surface area contributed by atoms with E-state index in [4.69, 9.17) is 9.40 Å². The van der Waals surface area contributed by atoms with Crippen molar-refractivity contribution in [1.29, 1.82) is 0 Å². The van der Waals surface area contributed by atoms with Gasteiger partial charge in [-0.1, -0.05) is 97.3 Å². The van der Waals surface area contributed by atoms with Crippen LogP contribution in [0.3, 0.4) is 0 Å². The van der Waals surface area contributed by atoms with Gasteiger partial charge in [0.2, 0.25) is 0 Å². The van der Waals surface area contributed by atoms with E-state index in [1.807, 2.05) is 79.0 Å². The summed E-state index contributed by atoms with van der Waals surface area (Å²) < 4.78 is 8.58. The molecule has 0 saturated heterocycles. The molecule has 0 unspecified atom stereocenters. The van der Waals surface area contributed by atoms with E-state index >= 15 is 0 Å². The molecule has 0 aliphatic heterocycles. The van der Waals surface area contributed by atoms with Crippen LogP contribution in [0.1, 0.15) is 0 Å². The molecule has 9 aromatic rings. The van der Waals surface area contributed by atoms with Crippen LogP contribution in [-0.4, -0.2) is 32.6 Å². The third kappa shape index (κ3) is 6.11. The Morgan fingerprint density at radius 1 is 0.673 bits per heavy atom. The molecule has 4 heterocycles.